The van der Waals surface area contributed by atoms with Gasteiger partial charge in [-0.15, -0.1) is 0 Å². The van der Waals surface area contributed by atoms with E-state index in [1.54, 1.807) is 18.2 Å². The molecule has 0 aromatic heterocycles. The number of nitrogens with zero attached hydrogens (tertiary/aromatic N) is 1. The van der Waals surface area contributed by atoms with E-state index in [0.29, 0.717) is 15.8 Å². The molecule has 0 aliphatic heterocycles. The number of ether oxygens (including phenoxy) is 1. The summed E-state index contributed by atoms with van der Waals surface area (Å²) in [6.45, 7) is 4.07. The average molecular weight is 360 g/mol. The maximum absolute atomic E-state index is 10.0. The van der Waals surface area contributed by atoms with Crippen molar-refractivity contribution in [3.05, 3.63) is 28.2 Å². The molecular formula is C16H23Cl2N3O2. The van der Waals surface area contributed by atoms with Crippen LogP contribution in [0.1, 0.15) is 19.8 Å². The van der Waals surface area contributed by atoms with E-state index in [2.05, 4.69) is 15.6 Å². The first-order chi connectivity index (χ1) is 11.1. The number of guanidine groups is 1. The second-order valence-corrected chi connectivity index (χ2v) is 6.35. The van der Waals surface area contributed by atoms with Crippen LogP contribution in [0.5, 0.6) is 5.75 Å². The lowest BCUT2D eigenvalue weighted by molar-refractivity contribution is 0.114. The Hall–Kier alpha value is -1.17. The Morgan fingerprint density at radius 3 is 2.87 bits per heavy atom. The lowest BCUT2D eigenvalue weighted by Crippen LogP contribution is -2.39. The summed E-state index contributed by atoms with van der Waals surface area (Å²) in [7, 11) is 0. The molecule has 1 aliphatic rings. The van der Waals surface area contributed by atoms with E-state index in [0.717, 1.165) is 25.0 Å². The molecule has 7 heteroatoms. The lowest BCUT2D eigenvalue weighted by Gasteiger charge is -2.14. The van der Waals surface area contributed by atoms with Crippen molar-refractivity contribution in [1.29, 1.82) is 0 Å². The Labute approximate surface area is 147 Å². The number of aliphatic imine (C=N–C) groups is 1. The third kappa shape index (κ3) is 6.45. The van der Waals surface area contributed by atoms with Crippen LogP contribution in [-0.4, -0.2) is 43.4 Å². The summed E-state index contributed by atoms with van der Waals surface area (Å²) in [4.78, 5) is 4.37. The second kappa shape index (κ2) is 9.21. The molecule has 1 saturated carbocycles. The molecule has 0 radical (unpaired) electrons. The van der Waals surface area contributed by atoms with Gasteiger partial charge in [0.05, 0.1) is 11.6 Å². The van der Waals surface area contributed by atoms with Crippen molar-refractivity contribution in [2.75, 3.05) is 26.2 Å². The van der Waals surface area contributed by atoms with Gasteiger partial charge in [0.2, 0.25) is 0 Å². The molecule has 1 unspecified atom stereocenters. The van der Waals surface area contributed by atoms with Crippen molar-refractivity contribution >= 4 is 29.2 Å². The summed E-state index contributed by atoms with van der Waals surface area (Å²) in [6.07, 6.45) is 1.84. The Morgan fingerprint density at radius 2 is 2.17 bits per heavy atom. The highest BCUT2D eigenvalue weighted by atomic mass is 35.5. The summed E-state index contributed by atoms with van der Waals surface area (Å²) >= 11 is 12.0. The summed E-state index contributed by atoms with van der Waals surface area (Å²) in [6, 6.07) is 5.15. The maximum Gasteiger partial charge on any atom is 0.191 e. The quantitative estimate of drug-likeness (QED) is 0.493. The van der Waals surface area contributed by atoms with Gasteiger partial charge in [-0.1, -0.05) is 29.3 Å². The zero-order chi connectivity index (χ0) is 16.7. The van der Waals surface area contributed by atoms with E-state index in [1.807, 2.05) is 6.92 Å². The Kier molecular flexibility index (Phi) is 7.27. The van der Waals surface area contributed by atoms with Crippen LogP contribution in [0, 0.1) is 5.92 Å². The molecule has 1 fully saturated rings. The Bertz CT molecular complexity index is 536. The Morgan fingerprint density at radius 1 is 1.39 bits per heavy atom. The predicted octanol–water partition coefficient (Wildman–Crippen LogP) is 2.70. The normalized spacial score (nSPS) is 16.1. The summed E-state index contributed by atoms with van der Waals surface area (Å²) < 4.78 is 5.50. The number of aliphatic hydroxyl groups excluding tert-OH is 1. The maximum atomic E-state index is 10.0. The van der Waals surface area contributed by atoms with Crippen LogP contribution in [0.2, 0.25) is 10.0 Å². The minimum atomic E-state index is -0.721. The number of halogens is 2. The van der Waals surface area contributed by atoms with E-state index in [9.17, 15) is 5.11 Å². The van der Waals surface area contributed by atoms with Gasteiger partial charge in [-0.3, -0.25) is 4.99 Å². The van der Waals surface area contributed by atoms with Crippen LogP contribution >= 0.6 is 23.2 Å². The van der Waals surface area contributed by atoms with Gasteiger partial charge in [-0.2, -0.15) is 0 Å². The van der Waals surface area contributed by atoms with Crippen molar-refractivity contribution in [3.63, 3.8) is 0 Å². The molecule has 5 nitrogen and oxygen atoms in total. The van der Waals surface area contributed by atoms with Crippen molar-refractivity contribution < 1.29 is 9.84 Å². The average Bonchev–Trinajstić information content (AvgIpc) is 3.36. The zero-order valence-electron chi connectivity index (χ0n) is 13.2. The van der Waals surface area contributed by atoms with Crippen LogP contribution in [0.25, 0.3) is 0 Å². The van der Waals surface area contributed by atoms with E-state index in [4.69, 9.17) is 27.9 Å². The number of hydrogen-bond donors (Lipinski definition) is 3. The third-order valence-electron chi connectivity index (χ3n) is 3.41. The van der Waals surface area contributed by atoms with Crippen LogP contribution in [0.4, 0.5) is 0 Å². The van der Waals surface area contributed by atoms with Crippen molar-refractivity contribution in [3.8, 4) is 5.75 Å². The fourth-order valence-electron chi connectivity index (χ4n) is 1.94. The van der Waals surface area contributed by atoms with Crippen molar-refractivity contribution in [1.82, 2.24) is 10.6 Å². The van der Waals surface area contributed by atoms with Gasteiger partial charge >= 0.3 is 0 Å². The largest absolute Gasteiger partial charge is 0.489 e. The van der Waals surface area contributed by atoms with Crippen molar-refractivity contribution in [2.24, 2.45) is 10.9 Å². The van der Waals surface area contributed by atoms with E-state index in [1.165, 1.54) is 12.8 Å². The van der Waals surface area contributed by atoms with Crippen molar-refractivity contribution in [2.45, 2.75) is 25.9 Å². The summed E-state index contributed by atoms with van der Waals surface area (Å²) in [5, 5.41) is 17.2. The molecule has 0 saturated heterocycles. The molecule has 1 aliphatic carbocycles. The minimum Gasteiger partial charge on any atom is -0.489 e. The SMILES string of the molecule is CCNC(=NCC(O)COc1cccc(Cl)c1Cl)NCC1CC1. The second-order valence-electron chi connectivity index (χ2n) is 5.56. The van der Waals surface area contributed by atoms with Gasteiger partial charge in [-0.05, 0) is 37.8 Å². The molecule has 23 heavy (non-hydrogen) atoms. The number of nitrogens with one attached hydrogen (secondary N) is 2. The molecule has 3 N–H and O–H groups in total. The smallest absolute Gasteiger partial charge is 0.191 e. The molecule has 1 atom stereocenters. The molecule has 128 valence electrons. The molecule has 1 aromatic rings. The van der Waals surface area contributed by atoms with Gasteiger partial charge in [0.1, 0.15) is 23.5 Å². The van der Waals surface area contributed by atoms with Crippen LogP contribution in [0.3, 0.4) is 0 Å². The van der Waals surface area contributed by atoms with Gasteiger partial charge in [0.15, 0.2) is 5.96 Å². The third-order valence-corrected chi connectivity index (χ3v) is 4.21. The summed E-state index contributed by atoms with van der Waals surface area (Å²) in [5.41, 5.74) is 0. The number of hydrogen-bond acceptors (Lipinski definition) is 3. The van der Waals surface area contributed by atoms with Gasteiger partial charge in [-0.25, -0.2) is 0 Å². The number of aliphatic hydroxyl groups is 1. The van der Waals surface area contributed by atoms with Crippen LogP contribution < -0.4 is 15.4 Å². The molecule has 0 bridgehead atoms. The first-order valence-electron chi connectivity index (χ1n) is 7.87. The monoisotopic (exact) mass is 359 g/mol. The lowest BCUT2D eigenvalue weighted by atomic mass is 10.3. The fourth-order valence-corrected chi connectivity index (χ4v) is 2.28. The van der Waals surface area contributed by atoms with Gasteiger partial charge in [0.25, 0.3) is 0 Å². The zero-order valence-corrected chi connectivity index (χ0v) is 14.7. The molecular weight excluding hydrogens is 337 g/mol. The highest BCUT2D eigenvalue weighted by Gasteiger charge is 2.21. The van der Waals surface area contributed by atoms with Gasteiger partial charge < -0.3 is 20.5 Å². The van der Waals surface area contributed by atoms with Gasteiger partial charge in [0, 0.05) is 13.1 Å². The fraction of sp³-hybridized carbons (Fsp3) is 0.562. The Balaban J connectivity index is 1.78. The van der Waals surface area contributed by atoms with E-state index < -0.39 is 6.10 Å². The van der Waals surface area contributed by atoms with E-state index >= 15 is 0 Å². The molecule has 2 rings (SSSR count). The number of rotatable bonds is 8. The first-order valence-corrected chi connectivity index (χ1v) is 8.62. The first kappa shape index (κ1) is 18.2. The summed E-state index contributed by atoms with van der Waals surface area (Å²) in [5.74, 6) is 1.94. The molecule has 0 spiro atoms. The van der Waals surface area contributed by atoms with Crippen LogP contribution in [0.15, 0.2) is 23.2 Å². The minimum absolute atomic E-state index is 0.103. The highest BCUT2D eigenvalue weighted by molar-refractivity contribution is 6.42. The molecule has 1 aromatic carbocycles. The predicted molar refractivity (Wildman–Crippen MR) is 94.7 cm³/mol. The highest BCUT2D eigenvalue weighted by Crippen LogP contribution is 2.31. The standard InChI is InChI=1S/C16H23Cl2N3O2/c1-2-19-16(20-8-11-6-7-11)21-9-12(22)10-23-14-5-3-4-13(17)15(14)18/h3-5,11-12,22H,2,6-10H2,1H3,(H2,19,20,21). The van der Waals surface area contributed by atoms with Crippen LogP contribution in [-0.2, 0) is 0 Å². The topological polar surface area (TPSA) is 65.9 Å². The van der Waals surface area contributed by atoms with E-state index in [-0.39, 0.29) is 13.2 Å². The molecule has 0 heterocycles. The number of benzene rings is 1. The molecule has 0 amide bonds.